The molecule has 154 valence electrons. The van der Waals surface area contributed by atoms with Gasteiger partial charge in [0.2, 0.25) is 0 Å². The predicted molar refractivity (Wildman–Crippen MR) is 116 cm³/mol. The molecule has 1 aliphatic rings. The number of aryl methyl sites for hydroxylation is 2. The summed E-state index contributed by atoms with van der Waals surface area (Å²) in [5, 5.41) is 7.54. The molecule has 0 aliphatic carbocycles. The SMILES string of the molecule is Cc1ccnc(C)c1CN1C(=O)COc2ccc(-c3ccc4cn[nH]c(=O)c4c3)nc21. The second-order valence-corrected chi connectivity index (χ2v) is 7.48. The van der Waals surface area contributed by atoms with Gasteiger partial charge in [-0.3, -0.25) is 19.5 Å². The summed E-state index contributed by atoms with van der Waals surface area (Å²) in [5.41, 5.74) is 4.06. The number of fused-ring (bicyclic) bond motifs is 2. The molecule has 0 radical (unpaired) electrons. The largest absolute Gasteiger partial charge is 0.480 e. The first-order chi connectivity index (χ1) is 15.0. The number of H-pyrrole nitrogens is 1. The second-order valence-electron chi connectivity index (χ2n) is 7.48. The highest BCUT2D eigenvalue weighted by Gasteiger charge is 2.28. The van der Waals surface area contributed by atoms with E-state index in [0.29, 0.717) is 29.2 Å². The van der Waals surface area contributed by atoms with Gasteiger partial charge in [-0.05, 0) is 49.2 Å². The van der Waals surface area contributed by atoms with Crippen molar-refractivity contribution in [3.05, 3.63) is 76.0 Å². The average molecular weight is 413 g/mol. The Bertz CT molecular complexity index is 1380. The van der Waals surface area contributed by atoms with Crippen molar-refractivity contribution in [2.24, 2.45) is 0 Å². The summed E-state index contributed by atoms with van der Waals surface area (Å²) in [4.78, 5) is 35.6. The molecule has 31 heavy (non-hydrogen) atoms. The van der Waals surface area contributed by atoms with Crippen LogP contribution >= 0.6 is 0 Å². The van der Waals surface area contributed by atoms with Crippen LogP contribution in [0.15, 0.2) is 53.6 Å². The van der Waals surface area contributed by atoms with Gasteiger partial charge in [-0.15, -0.1) is 0 Å². The lowest BCUT2D eigenvalue weighted by Crippen LogP contribution is -2.39. The van der Waals surface area contributed by atoms with E-state index in [1.54, 1.807) is 29.4 Å². The number of carbonyl (C=O) groups excluding carboxylic acids is 1. The number of aromatic amines is 1. The highest BCUT2D eigenvalue weighted by molar-refractivity contribution is 5.97. The number of nitrogens with zero attached hydrogens (tertiary/aromatic N) is 4. The molecule has 1 N–H and O–H groups in total. The zero-order chi connectivity index (χ0) is 21.5. The number of hydrogen-bond donors (Lipinski definition) is 1. The van der Waals surface area contributed by atoms with Gasteiger partial charge in [0.15, 0.2) is 18.2 Å². The number of benzene rings is 1. The van der Waals surface area contributed by atoms with Gasteiger partial charge in [-0.2, -0.15) is 5.10 Å². The van der Waals surface area contributed by atoms with E-state index in [1.807, 2.05) is 38.1 Å². The Labute approximate surface area is 177 Å². The Kier molecular flexibility index (Phi) is 4.47. The number of aromatic nitrogens is 4. The van der Waals surface area contributed by atoms with Crippen LogP contribution in [-0.2, 0) is 11.3 Å². The van der Waals surface area contributed by atoms with Gasteiger partial charge in [0, 0.05) is 22.8 Å². The number of hydrogen-bond acceptors (Lipinski definition) is 6. The molecule has 0 atom stereocenters. The Morgan fingerprint density at radius 2 is 2.00 bits per heavy atom. The number of nitrogens with one attached hydrogen (secondary N) is 1. The Morgan fingerprint density at radius 1 is 1.13 bits per heavy atom. The summed E-state index contributed by atoms with van der Waals surface area (Å²) in [7, 11) is 0. The van der Waals surface area contributed by atoms with Gasteiger partial charge in [0.1, 0.15) is 0 Å². The Hall–Kier alpha value is -4.07. The summed E-state index contributed by atoms with van der Waals surface area (Å²) < 4.78 is 5.61. The van der Waals surface area contributed by atoms with Crippen LogP contribution in [0.5, 0.6) is 5.75 Å². The van der Waals surface area contributed by atoms with E-state index in [2.05, 4.69) is 15.2 Å². The summed E-state index contributed by atoms with van der Waals surface area (Å²) in [6, 6.07) is 11.0. The van der Waals surface area contributed by atoms with Crippen molar-refractivity contribution < 1.29 is 9.53 Å². The minimum Gasteiger partial charge on any atom is -0.480 e. The zero-order valence-corrected chi connectivity index (χ0v) is 17.0. The molecule has 8 nitrogen and oxygen atoms in total. The van der Waals surface area contributed by atoms with Crippen molar-refractivity contribution in [3.8, 4) is 17.0 Å². The first kappa shape index (κ1) is 18.9. The predicted octanol–water partition coefficient (Wildman–Crippen LogP) is 2.92. The van der Waals surface area contributed by atoms with Crippen LogP contribution in [0.1, 0.15) is 16.8 Å². The second kappa shape index (κ2) is 7.32. The first-order valence-corrected chi connectivity index (χ1v) is 9.84. The van der Waals surface area contributed by atoms with Gasteiger partial charge in [-0.25, -0.2) is 10.1 Å². The number of pyridine rings is 2. The van der Waals surface area contributed by atoms with Gasteiger partial charge in [0.25, 0.3) is 11.5 Å². The van der Waals surface area contributed by atoms with Crippen LogP contribution in [0, 0.1) is 13.8 Å². The maximum absolute atomic E-state index is 12.7. The Morgan fingerprint density at radius 3 is 2.84 bits per heavy atom. The molecule has 0 bridgehead atoms. The van der Waals surface area contributed by atoms with Crippen LogP contribution in [0.3, 0.4) is 0 Å². The normalized spacial score (nSPS) is 13.2. The average Bonchev–Trinajstić information content (AvgIpc) is 2.77. The third-order valence-electron chi connectivity index (χ3n) is 5.53. The summed E-state index contributed by atoms with van der Waals surface area (Å²) in [6.07, 6.45) is 3.37. The monoisotopic (exact) mass is 413 g/mol. The molecule has 4 heterocycles. The summed E-state index contributed by atoms with van der Waals surface area (Å²) in [6.45, 7) is 4.26. The molecular weight excluding hydrogens is 394 g/mol. The molecule has 1 aliphatic heterocycles. The van der Waals surface area contributed by atoms with E-state index >= 15 is 0 Å². The number of carbonyl (C=O) groups is 1. The quantitative estimate of drug-likeness (QED) is 0.554. The molecule has 0 saturated heterocycles. The lowest BCUT2D eigenvalue weighted by Gasteiger charge is -2.29. The lowest BCUT2D eigenvalue weighted by atomic mass is 10.1. The smallest absolute Gasteiger partial charge is 0.272 e. The fourth-order valence-corrected chi connectivity index (χ4v) is 3.77. The van der Waals surface area contributed by atoms with Crippen LogP contribution < -0.4 is 15.2 Å². The van der Waals surface area contributed by atoms with Crippen molar-refractivity contribution in [2.45, 2.75) is 20.4 Å². The Balaban J connectivity index is 1.59. The van der Waals surface area contributed by atoms with Crippen LogP contribution in [-0.4, -0.2) is 32.7 Å². The molecule has 0 saturated carbocycles. The van der Waals surface area contributed by atoms with Crippen molar-refractivity contribution in [1.82, 2.24) is 20.2 Å². The number of rotatable bonds is 3. The molecule has 5 rings (SSSR count). The standard InChI is InChI=1S/C23H19N5O3/c1-13-7-8-24-14(2)18(13)11-28-21(29)12-31-20-6-5-19(26-22(20)28)15-3-4-16-10-25-27-23(30)17(16)9-15/h3-10H,11-12H2,1-2H3,(H,27,30). The zero-order valence-electron chi connectivity index (χ0n) is 17.0. The molecule has 3 aromatic heterocycles. The molecule has 1 amide bonds. The minimum absolute atomic E-state index is 0.0370. The van der Waals surface area contributed by atoms with Crippen molar-refractivity contribution >= 4 is 22.5 Å². The highest BCUT2D eigenvalue weighted by atomic mass is 16.5. The van der Waals surface area contributed by atoms with Crippen LogP contribution in [0.4, 0.5) is 5.82 Å². The van der Waals surface area contributed by atoms with Gasteiger partial charge < -0.3 is 4.74 Å². The van der Waals surface area contributed by atoms with Gasteiger partial charge in [0.05, 0.1) is 23.8 Å². The van der Waals surface area contributed by atoms with E-state index in [4.69, 9.17) is 9.72 Å². The highest BCUT2D eigenvalue weighted by Crippen LogP contribution is 2.34. The molecule has 1 aromatic carbocycles. The van der Waals surface area contributed by atoms with Crippen molar-refractivity contribution in [2.75, 3.05) is 11.5 Å². The molecule has 0 fully saturated rings. The third kappa shape index (κ3) is 3.31. The van der Waals surface area contributed by atoms with E-state index in [9.17, 15) is 9.59 Å². The van der Waals surface area contributed by atoms with Crippen molar-refractivity contribution in [1.29, 1.82) is 0 Å². The van der Waals surface area contributed by atoms with E-state index < -0.39 is 0 Å². The van der Waals surface area contributed by atoms with Crippen molar-refractivity contribution in [3.63, 3.8) is 0 Å². The van der Waals surface area contributed by atoms with Gasteiger partial charge in [-0.1, -0.05) is 12.1 Å². The summed E-state index contributed by atoms with van der Waals surface area (Å²) in [5.74, 6) is 0.839. The molecule has 8 heteroatoms. The topological polar surface area (TPSA) is 101 Å². The lowest BCUT2D eigenvalue weighted by molar-refractivity contribution is -0.121. The van der Waals surface area contributed by atoms with Crippen LogP contribution in [0.2, 0.25) is 0 Å². The maximum atomic E-state index is 12.7. The number of ether oxygens (including phenoxy) is 1. The molecular formula is C23H19N5O3. The molecule has 0 spiro atoms. The number of anilines is 1. The fourth-order valence-electron chi connectivity index (χ4n) is 3.77. The first-order valence-electron chi connectivity index (χ1n) is 9.84. The number of amides is 1. The van der Waals surface area contributed by atoms with E-state index in [-0.39, 0.29) is 18.1 Å². The van der Waals surface area contributed by atoms with E-state index in [0.717, 1.165) is 27.8 Å². The summed E-state index contributed by atoms with van der Waals surface area (Å²) >= 11 is 0. The van der Waals surface area contributed by atoms with Gasteiger partial charge >= 0.3 is 0 Å². The molecule has 0 unspecified atom stereocenters. The molecule has 4 aromatic rings. The minimum atomic E-state index is -0.264. The van der Waals surface area contributed by atoms with E-state index in [1.165, 1.54) is 0 Å². The third-order valence-corrected chi connectivity index (χ3v) is 5.53. The van der Waals surface area contributed by atoms with Crippen LogP contribution in [0.25, 0.3) is 22.0 Å². The maximum Gasteiger partial charge on any atom is 0.272 e. The fraction of sp³-hybridized carbons (Fsp3) is 0.174.